The normalized spacial score (nSPS) is 22.2. The second kappa shape index (κ2) is 4.96. The van der Waals surface area contributed by atoms with E-state index in [1.165, 1.54) is 25.7 Å². The number of hydrogen-bond acceptors (Lipinski definition) is 5. The molecule has 3 aliphatic rings. The van der Waals surface area contributed by atoms with Crippen LogP contribution >= 0.6 is 0 Å². The van der Waals surface area contributed by atoms with E-state index in [9.17, 15) is 0 Å². The summed E-state index contributed by atoms with van der Waals surface area (Å²) in [5, 5.41) is 9.39. The van der Waals surface area contributed by atoms with Crippen molar-refractivity contribution in [2.75, 3.05) is 5.32 Å². The Bertz CT molecular complexity index is 843. The molecule has 0 aromatic carbocycles. The number of rotatable bonds is 3. The Morgan fingerprint density at radius 1 is 1.33 bits per heavy atom. The lowest BCUT2D eigenvalue weighted by molar-refractivity contribution is -0.0289. The molecule has 2 aromatic rings. The Morgan fingerprint density at radius 3 is 2.88 bits per heavy atom. The quantitative estimate of drug-likeness (QED) is 0.908. The highest BCUT2D eigenvalue weighted by Gasteiger charge is 2.39. The first-order valence-electron chi connectivity index (χ1n) is 8.91. The van der Waals surface area contributed by atoms with Crippen molar-refractivity contribution in [2.24, 2.45) is 7.05 Å². The molecule has 2 N–H and O–H groups in total. The smallest absolute Gasteiger partial charge is 0.159 e. The first kappa shape index (κ1) is 14.3. The third-order valence-electron chi connectivity index (χ3n) is 5.46. The summed E-state index contributed by atoms with van der Waals surface area (Å²) < 4.78 is 1.86. The first-order valence-corrected chi connectivity index (χ1v) is 8.91. The highest BCUT2D eigenvalue weighted by atomic mass is 16.7. The lowest BCUT2D eigenvalue weighted by Crippen LogP contribution is -2.25. The van der Waals surface area contributed by atoms with Crippen LogP contribution in [0.15, 0.2) is 12.3 Å². The van der Waals surface area contributed by atoms with Crippen LogP contribution in [0.4, 0.5) is 5.69 Å². The molecule has 24 heavy (non-hydrogen) atoms. The van der Waals surface area contributed by atoms with Crippen LogP contribution in [-0.4, -0.2) is 26.4 Å². The van der Waals surface area contributed by atoms with E-state index in [2.05, 4.69) is 33.9 Å². The number of hydroxylamine groups is 1. The van der Waals surface area contributed by atoms with Crippen molar-refractivity contribution in [1.82, 2.24) is 20.2 Å². The summed E-state index contributed by atoms with van der Waals surface area (Å²) >= 11 is 0. The van der Waals surface area contributed by atoms with Crippen LogP contribution in [-0.2, 0) is 11.9 Å². The van der Waals surface area contributed by atoms with Gasteiger partial charge in [-0.05, 0) is 38.7 Å². The second-order valence-electron chi connectivity index (χ2n) is 7.41. The van der Waals surface area contributed by atoms with Crippen molar-refractivity contribution in [2.45, 2.75) is 57.1 Å². The number of anilines is 1. The lowest BCUT2D eigenvalue weighted by Gasteiger charge is -2.17. The number of nitrogens with zero attached hydrogens (tertiary/aromatic N) is 3. The summed E-state index contributed by atoms with van der Waals surface area (Å²) in [7, 11) is 1.95. The third-order valence-corrected chi connectivity index (χ3v) is 5.46. The number of hydrogen-bond donors (Lipinski definition) is 2. The summed E-state index contributed by atoms with van der Waals surface area (Å²) in [4.78, 5) is 10.6. The van der Waals surface area contributed by atoms with E-state index in [0.717, 1.165) is 46.5 Å². The van der Waals surface area contributed by atoms with Gasteiger partial charge in [-0.3, -0.25) is 15.0 Å². The van der Waals surface area contributed by atoms with Crippen LogP contribution in [0.1, 0.15) is 49.8 Å². The monoisotopic (exact) mass is 325 g/mol. The molecule has 5 rings (SSSR count). The molecule has 6 heteroatoms. The van der Waals surface area contributed by atoms with Gasteiger partial charge in [0.15, 0.2) is 5.65 Å². The molecule has 2 aromatic heterocycles. The summed E-state index contributed by atoms with van der Waals surface area (Å²) in [6, 6.07) is 0.567. The predicted molar refractivity (Wildman–Crippen MR) is 93.3 cm³/mol. The van der Waals surface area contributed by atoms with Crippen molar-refractivity contribution in [3.8, 4) is 0 Å². The Hall–Kier alpha value is -2.08. The molecule has 3 heterocycles. The van der Waals surface area contributed by atoms with Crippen LogP contribution in [0, 0.1) is 6.92 Å². The molecule has 0 atom stereocenters. The molecule has 2 aliphatic carbocycles. The van der Waals surface area contributed by atoms with E-state index in [4.69, 9.17) is 4.84 Å². The van der Waals surface area contributed by atoms with Crippen molar-refractivity contribution in [1.29, 1.82) is 0 Å². The Balaban J connectivity index is 1.66. The summed E-state index contributed by atoms with van der Waals surface area (Å²) in [6.07, 6.45) is 11.3. The Labute approximate surface area is 141 Å². The molecule has 2 saturated carbocycles. The van der Waals surface area contributed by atoms with Crippen LogP contribution < -0.4 is 10.8 Å². The predicted octanol–water partition coefficient (Wildman–Crippen LogP) is 3.04. The lowest BCUT2D eigenvalue weighted by atomic mass is 9.99. The van der Waals surface area contributed by atoms with Crippen LogP contribution in [0.25, 0.3) is 16.7 Å². The van der Waals surface area contributed by atoms with Gasteiger partial charge in [-0.2, -0.15) is 5.10 Å². The maximum atomic E-state index is 5.97. The minimum absolute atomic E-state index is 0.120. The molecule has 0 radical (unpaired) electrons. The maximum absolute atomic E-state index is 5.97. The van der Waals surface area contributed by atoms with E-state index in [-0.39, 0.29) is 5.60 Å². The fourth-order valence-electron chi connectivity index (χ4n) is 4.03. The molecular formula is C18H23N5O. The van der Waals surface area contributed by atoms with E-state index in [1.807, 2.05) is 17.9 Å². The molecule has 1 aliphatic heterocycles. The topological polar surface area (TPSA) is 64.0 Å². The van der Waals surface area contributed by atoms with E-state index >= 15 is 0 Å². The largest absolute Gasteiger partial charge is 0.381 e. The highest BCUT2D eigenvalue weighted by molar-refractivity contribution is 5.97. The minimum atomic E-state index is -0.120. The minimum Gasteiger partial charge on any atom is -0.381 e. The SMILES string of the molecule is Cc1nn(C)c2ncc(C3=CC4(CCCC4)ON3)c(NC3CC3)c12. The number of pyridine rings is 1. The van der Waals surface area contributed by atoms with Gasteiger partial charge >= 0.3 is 0 Å². The van der Waals surface area contributed by atoms with Gasteiger partial charge in [0.1, 0.15) is 5.60 Å². The van der Waals surface area contributed by atoms with Gasteiger partial charge in [-0.25, -0.2) is 4.98 Å². The van der Waals surface area contributed by atoms with Gasteiger partial charge < -0.3 is 5.32 Å². The fourth-order valence-corrected chi connectivity index (χ4v) is 4.03. The number of aromatic nitrogens is 3. The maximum Gasteiger partial charge on any atom is 0.159 e. The standard InChI is InChI=1S/C18H23N5O/c1-11-15-16(20-12-5-6-12)13(10-19-17(15)23(2)21-11)14-9-18(24-22-14)7-3-4-8-18/h9-10,12,22H,3-8H2,1-2H3,(H,19,20). The van der Waals surface area contributed by atoms with Gasteiger partial charge in [0.25, 0.3) is 0 Å². The second-order valence-corrected chi connectivity index (χ2v) is 7.41. The summed E-state index contributed by atoms with van der Waals surface area (Å²) in [6.45, 7) is 2.05. The molecule has 2 fully saturated rings. The van der Waals surface area contributed by atoms with Crippen LogP contribution in [0.5, 0.6) is 0 Å². The van der Waals surface area contributed by atoms with Gasteiger partial charge in [-0.1, -0.05) is 12.8 Å². The molecule has 126 valence electrons. The molecule has 0 unspecified atom stereocenters. The van der Waals surface area contributed by atoms with Crippen LogP contribution in [0.3, 0.4) is 0 Å². The molecule has 0 amide bonds. The zero-order chi connectivity index (χ0) is 16.3. The molecule has 0 bridgehead atoms. The number of nitrogens with one attached hydrogen (secondary N) is 2. The molecule has 0 saturated heterocycles. The first-order chi connectivity index (χ1) is 11.7. The van der Waals surface area contributed by atoms with Crippen molar-refractivity contribution >= 4 is 22.4 Å². The van der Waals surface area contributed by atoms with Gasteiger partial charge in [0, 0.05) is 24.8 Å². The van der Waals surface area contributed by atoms with Crippen molar-refractivity contribution in [3.05, 3.63) is 23.5 Å². The average Bonchev–Trinajstić information content (AvgIpc) is 3.01. The van der Waals surface area contributed by atoms with Gasteiger partial charge in [0.05, 0.1) is 22.5 Å². The average molecular weight is 325 g/mol. The van der Waals surface area contributed by atoms with E-state index < -0.39 is 0 Å². The number of fused-ring (bicyclic) bond motifs is 1. The molecular weight excluding hydrogens is 302 g/mol. The Morgan fingerprint density at radius 2 is 2.12 bits per heavy atom. The third kappa shape index (κ3) is 2.13. The van der Waals surface area contributed by atoms with Gasteiger partial charge in [0.2, 0.25) is 0 Å². The van der Waals surface area contributed by atoms with Gasteiger partial charge in [-0.15, -0.1) is 0 Å². The van der Waals surface area contributed by atoms with Crippen molar-refractivity contribution < 1.29 is 4.84 Å². The highest BCUT2D eigenvalue weighted by Crippen LogP contribution is 2.42. The molecule has 1 spiro atoms. The summed E-state index contributed by atoms with van der Waals surface area (Å²) in [5.74, 6) is 0. The number of aryl methyl sites for hydroxylation is 2. The van der Waals surface area contributed by atoms with Crippen LogP contribution in [0.2, 0.25) is 0 Å². The fraction of sp³-hybridized carbons (Fsp3) is 0.556. The zero-order valence-corrected chi connectivity index (χ0v) is 14.2. The zero-order valence-electron chi connectivity index (χ0n) is 14.2. The van der Waals surface area contributed by atoms with E-state index in [0.29, 0.717) is 6.04 Å². The van der Waals surface area contributed by atoms with E-state index in [1.54, 1.807) is 0 Å². The summed E-state index contributed by atoms with van der Waals surface area (Å²) in [5.41, 5.74) is 8.28. The molecule has 6 nitrogen and oxygen atoms in total. The Kier molecular flexibility index (Phi) is 2.95. The van der Waals surface area contributed by atoms with Crippen molar-refractivity contribution in [3.63, 3.8) is 0 Å².